The van der Waals surface area contributed by atoms with E-state index in [4.69, 9.17) is 9.15 Å². The normalized spacial score (nSPS) is 23.2. The Balaban J connectivity index is 1.76. The molecule has 0 aromatic carbocycles. The molecule has 1 N–H and O–H groups in total. The summed E-state index contributed by atoms with van der Waals surface area (Å²) in [6.45, 7) is 0.623. The number of hydrogen-bond donors (Lipinski definition) is 1. The Kier molecular flexibility index (Phi) is 3.81. The monoisotopic (exact) mass is 239 g/mol. The number of carbonyl (C=O) groups is 1. The first-order valence-electron chi connectivity index (χ1n) is 5.66. The van der Waals surface area contributed by atoms with E-state index in [2.05, 4.69) is 10.1 Å². The van der Waals surface area contributed by atoms with Gasteiger partial charge in [-0.05, 0) is 25.0 Å². The number of furan rings is 1. The minimum absolute atomic E-state index is 0.243. The molecule has 0 saturated heterocycles. The van der Waals surface area contributed by atoms with Gasteiger partial charge in [0, 0.05) is 13.2 Å². The smallest absolute Gasteiger partial charge is 0.373 e. The van der Waals surface area contributed by atoms with Gasteiger partial charge in [-0.15, -0.1) is 0 Å². The van der Waals surface area contributed by atoms with Crippen LogP contribution in [-0.4, -0.2) is 32.3 Å². The maximum atomic E-state index is 11.2. The Labute approximate surface area is 100 Å². The van der Waals surface area contributed by atoms with E-state index >= 15 is 0 Å². The lowest BCUT2D eigenvalue weighted by molar-refractivity contribution is 0.0165. The molecule has 1 saturated carbocycles. The van der Waals surface area contributed by atoms with Gasteiger partial charge in [-0.3, -0.25) is 0 Å². The second-order valence-electron chi connectivity index (χ2n) is 4.16. The maximum Gasteiger partial charge on any atom is 0.373 e. The van der Waals surface area contributed by atoms with E-state index in [1.165, 1.54) is 7.11 Å². The first-order chi connectivity index (χ1) is 8.22. The molecule has 0 bridgehead atoms. The van der Waals surface area contributed by atoms with E-state index in [9.17, 15) is 4.79 Å². The van der Waals surface area contributed by atoms with Gasteiger partial charge in [-0.1, -0.05) is 0 Å². The summed E-state index contributed by atoms with van der Waals surface area (Å²) in [5.41, 5.74) is 0. The number of carbonyl (C=O) groups excluding carboxylic acids is 1. The molecule has 1 aromatic rings. The standard InChI is InChI=1S/C12H17NO4/c1-15-10-5-8(6-10)13-7-9-3-4-11(17-9)12(14)16-2/h3-4,8,10,13H,5-7H2,1-2H3. The van der Waals surface area contributed by atoms with Gasteiger partial charge in [0.25, 0.3) is 0 Å². The molecule has 1 heterocycles. The lowest BCUT2D eigenvalue weighted by Crippen LogP contribution is -2.44. The molecule has 94 valence electrons. The molecule has 2 rings (SSSR count). The second-order valence-corrected chi connectivity index (χ2v) is 4.16. The molecular formula is C12H17NO4. The van der Waals surface area contributed by atoms with Crippen LogP contribution >= 0.6 is 0 Å². The highest BCUT2D eigenvalue weighted by Crippen LogP contribution is 2.23. The van der Waals surface area contributed by atoms with Crippen molar-refractivity contribution in [2.45, 2.75) is 31.5 Å². The Morgan fingerprint density at radius 2 is 2.24 bits per heavy atom. The van der Waals surface area contributed by atoms with Gasteiger partial charge in [0.15, 0.2) is 0 Å². The minimum atomic E-state index is -0.445. The van der Waals surface area contributed by atoms with Crippen LogP contribution < -0.4 is 5.32 Å². The number of hydrogen-bond acceptors (Lipinski definition) is 5. The van der Waals surface area contributed by atoms with Crippen molar-refractivity contribution in [2.24, 2.45) is 0 Å². The molecule has 0 amide bonds. The largest absolute Gasteiger partial charge is 0.463 e. The second kappa shape index (κ2) is 5.33. The van der Waals surface area contributed by atoms with Crippen molar-refractivity contribution in [2.75, 3.05) is 14.2 Å². The van der Waals surface area contributed by atoms with Crippen LogP contribution in [0.4, 0.5) is 0 Å². The highest BCUT2D eigenvalue weighted by molar-refractivity contribution is 5.86. The van der Waals surface area contributed by atoms with E-state index < -0.39 is 5.97 Å². The van der Waals surface area contributed by atoms with E-state index in [1.807, 2.05) is 0 Å². The van der Waals surface area contributed by atoms with Crippen LogP contribution in [0.15, 0.2) is 16.5 Å². The molecule has 0 unspecified atom stereocenters. The van der Waals surface area contributed by atoms with Crippen molar-refractivity contribution in [3.05, 3.63) is 23.7 Å². The van der Waals surface area contributed by atoms with Crippen LogP contribution in [-0.2, 0) is 16.0 Å². The molecular weight excluding hydrogens is 222 g/mol. The first-order valence-corrected chi connectivity index (χ1v) is 5.66. The van der Waals surface area contributed by atoms with Crippen molar-refractivity contribution in [3.63, 3.8) is 0 Å². The number of methoxy groups -OCH3 is 2. The fourth-order valence-corrected chi connectivity index (χ4v) is 1.85. The predicted octanol–water partition coefficient (Wildman–Crippen LogP) is 1.33. The number of esters is 1. The zero-order chi connectivity index (χ0) is 12.3. The average molecular weight is 239 g/mol. The lowest BCUT2D eigenvalue weighted by Gasteiger charge is -2.34. The van der Waals surface area contributed by atoms with Gasteiger partial charge in [0.05, 0.1) is 19.8 Å². The zero-order valence-electron chi connectivity index (χ0n) is 10.1. The van der Waals surface area contributed by atoms with Crippen LogP contribution in [0.5, 0.6) is 0 Å². The maximum absolute atomic E-state index is 11.2. The quantitative estimate of drug-likeness (QED) is 0.785. The molecule has 17 heavy (non-hydrogen) atoms. The minimum Gasteiger partial charge on any atom is -0.463 e. The fourth-order valence-electron chi connectivity index (χ4n) is 1.85. The zero-order valence-corrected chi connectivity index (χ0v) is 10.1. The third-order valence-corrected chi connectivity index (χ3v) is 3.04. The Bertz CT molecular complexity index is 382. The van der Waals surface area contributed by atoms with Crippen molar-refractivity contribution in [1.29, 1.82) is 0 Å². The van der Waals surface area contributed by atoms with Crippen molar-refractivity contribution >= 4 is 5.97 Å². The summed E-state index contributed by atoms with van der Waals surface area (Å²) in [5, 5.41) is 3.34. The summed E-state index contributed by atoms with van der Waals surface area (Å²) >= 11 is 0. The molecule has 1 aliphatic carbocycles. The van der Waals surface area contributed by atoms with E-state index in [0.717, 1.165) is 18.6 Å². The molecule has 1 fully saturated rings. The Morgan fingerprint density at radius 1 is 1.47 bits per heavy atom. The third-order valence-electron chi connectivity index (χ3n) is 3.04. The molecule has 0 aliphatic heterocycles. The Hall–Kier alpha value is -1.33. The van der Waals surface area contributed by atoms with E-state index in [-0.39, 0.29) is 5.76 Å². The molecule has 5 heteroatoms. The number of ether oxygens (including phenoxy) is 2. The van der Waals surface area contributed by atoms with Gasteiger partial charge in [-0.2, -0.15) is 0 Å². The highest BCUT2D eigenvalue weighted by Gasteiger charge is 2.28. The average Bonchev–Trinajstić information content (AvgIpc) is 2.75. The summed E-state index contributed by atoms with van der Waals surface area (Å²) in [7, 11) is 3.07. The van der Waals surface area contributed by atoms with Crippen LogP contribution in [0, 0.1) is 0 Å². The number of nitrogens with one attached hydrogen (secondary N) is 1. The summed E-state index contributed by atoms with van der Waals surface area (Å²) in [6, 6.07) is 3.89. The van der Waals surface area contributed by atoms with Gasteiger partial charge in [0.2, 0.25) is 5.76 Å². The summed E-state index contributed by atoms with van der Waals surface area (Å²) < 4.78 is 15.1. The molecule has 5 nitrogen and oxygen atoms in total. The van der Waals surface area contributed by atoms with Gasteiger partial charge < -0.3 is 19.2 Å². The van der Waals surface area contributed by atoms with Crippen LogP contribution in [0.2, 0.25) is 0 Å². The summed E-state index contributed by atoms with van der Waals surface area (Å²) in [5.74, 6) is 0.540. The topological polar surface area (TPSA) is 60.7 Å². The third kappa shape index (κ3) is 2.87. The molecule has 0 radical (unpaired) electrons. The van der Waals surface area contributed by atoms with Crippen molar-refractivity contribution in [1.82, 2.24) is 5.32 Å². The molecule has 0 atom stereocenters. The van der Waals surface area contributed by atoms with Gasteiger partial charge >= 0.3 is 5.97 Å². The van der Waals surface area contributed by atoms with Gasteiger partial charge in [0.1, 0.15) is 5.76 Å². The van der Waals surface area contributed by atoms with E-state index in [1.54, 1.807) is 19.2 Å². The first kappa shape index (κ1) is 12.1. The molecule has 1 aromatic heterocycles. The van der Waals surface area contributed by atoms with Crippen LogP contribution in [0.1, 0.15) is 29.2 Å². The molecule has 1 aliphatic rings. The lowest BCUT2D eigenvalue weighted by atomic mass is 9.89. The predicted molar refractivity (Wildman–Crippen MR) is 60.7 cm³/mol. The fraction of sp³-hybridized carbons (Fsp3) is 0.583. The molecule has 0 spiro atoms. The Morgan fingerprint density at radius 3 is 2.88 bits per heavy atom. The summed E-state index contributed by atoms with van der Waals surface area (Å²) in [4.78, 5) is 11.2. The van der Waals surface area contributed by atoms with Crippen molar-refractivity contribution < 1.29 is 18.7 Å². The van der Waals surface area contributed by atoms with Crippen molar-refractivity contribution in [3.8, 4) is 0 Å². The highest BCUT2D eigenvalue weighted by atomic mass is 16.5. The van der Waals surface area contributed by atoms with Crippen LogP contribution in [0.25, 0.3) is 0 Å². The SMILES string of the molecule is COC(=O)c1ccc(CNC2CC(OC)C2)o1. The number of rotatable bonds is 5. The van der Waals surface area contributed by atoms with Gasteiger partial charge in [-0.25, -0.2) is 4.79 Å². The van der Waals surface area contributed by atoms with E-state index in [0.29, 0.717) is 18.7 Å². The summed E-state index contributed by atoms with van der Waals surface area (Å²) in [6.07, 6.45) is 2.44. The van der Waals surface area contributed by atoms with Crippen LogP contribution in [0.3, 0.4) is 0 Å².